The van der Waals surface area contributed by atoms with Crippen molar-refractivity contribution in [2.24, 2.45) is 0 Å². The third-order valence-corrected chi connectivity index (χ3v) is 4.99. The molecule has 2 heterocycles. The summed E-state index contributed by atoms with van der Waals surface area (Å²) in [6.45, 7) is 18.8. The molecule has 29 heavy (non-hydrogen) atoms. The predicted molar refractivity (Wildman–Crippen MR) is 120 cm³/mol. The summed E-state index contributed by atoms with van der Waals surface area (Å²) in [6, 6.07) is 6.09. The van der Waals surface area contributed by atoms with Crippen LogP contribution in [0.3, 0.4) is 0 Å². The molecule has 0 aliphatic carbocycles. The summed E-state index contributed by atoms with van der Waals surface area (Å²) in [5, 5.41) is 8.62. The molecule has 154 valence electrons. The largest absolute Gasteiger partial charge is 0.332 e. The second kappa shape index (κ2) is 9.50. The smallest absolute Gasteiger partial charge is 0.254 e. The number of carbonyl (C=O) groups is 1. The third kappa shape index (κ3) is 4.56. The average Bonchev–Trinajstić information content (AvgIpc) is 3.27. The summed E-state index contributed by atoms with van der Waals surface area (Å²) < 4.78 is 1.74. The maximum Gasteiger partial charge on any atom is 0.254 e. The Morgan fingerprint density at radius 2 is 1.93 bits per heavy atom. The number of allylic oxidation sites excluding steroid dienone is 5. The van der Waals surface area contributed by atoms with E-state index >= 15 is 0 Å². The van der Waals surface area contributed by atoms with Gasteiger partial charge in [0.25, 0.3) is 5.91 Å². The fraction of sp³-hybridized carbons (Fsp3) is 0.375. The molecule has 3 rings (SSSR count). The van der Waals surface area contributed by atoms with Crippen molar-refractivity contribution in [2.45, 2.75) is 61.1 Å². The summed E-state index contributed by atoms with van der Waals surface area (Å²) in [4.78, 5) is 14.4. The molecule has 1 aromatic heterocycles. The predicted octanol–water partition coefficient (Wildman–Crippen LogP) is 5.64. The zero-order valence-electron chi connectivity index (χ0n) is 18.7. The minimum Gasteiger partial charge on any atom is -0.332 e. The van der Waals surface area contributed by atoms with Gasteiger partial charge in [-0.15, -0.1) is 5.10 Å². The molecule has 0 fully saturated rings. The highest BCUT2D eigenvalue weighted by molar-refractivity contribution is 5.99. The highest BCUT2D eigenvalue weighted by atomic mass is 16.2. The molecule has 0 saturated carbocycles. The van der Waals surface area contributed by atoms with Crippen LogP contribution in [0, 0.1) is 6.92 Å². The van der Waals surface area contributed by atoms with Crippen LogP contribution in [0.2, 0.25) is 0 Å². The molecular weight excluding hydrogens is 360 g/mol. The molecule has 0 N–H and O–H groups in total. The first-order valence-corrected chi connectivity index (χ1v) is 10.2. The number of amides is 1. The summed E-state index contributed by atoms with van der Waals surface area (Å²) >= 11 is 0. The number of aromatic nitrogens is 3. The van der Waals surface area contributed by atoms with Crippen LogP contribution in [0.4, 0.5) is 0 Å². The van der Waals surface area contributed by atoms with Crippen LogP contribution < -0.4 is 0 Å². The lowest BCUT2D eigenvalue weighted by atomic mass is 10.0. The van der Waals surface area contributed by atoms with Crippen molar-refractivity contribution in [3.63, 3.8) is 0 Å². The van der Waals surface area contributed by atoms with Gasteiger partial charge in [0, 0.05) is 23.7 Å². The Balaban J connectivity index is 0.00000145. The monoisotopic (exact) mass is 392 g/mol. The fourth-order valence-corrected chi connectivity index (χ4v) is 3.17. The Bertz CT molecular complexity index is 963. The molecule has 1 amide bonds. The van der Waals surface area contributed by atoms with Crippen molar-refractivity contribution >= 4 is 11.6 Å². The van der Waals surface area contributed by atoms with Gasteiger partial charge in [-0.1, -0.05) is 49.4 Å². The van der Waals surface area contributed by atoms with Gasteiger partial charge in [0.05, 0.1) is 11.4 Å². The first kappa shape index (κ1) is 22.3. The van der Waals surface area contributed by atoms with Crippen molar-refractivity contribution in [3.8, 4) is 11.3 Å². The molecule has 0 unspecified atom stereocenters. The quantitative estimate of drug-likeness (QED) is 0.619. The van der Waals surface area contributed by atoms with Crippen LogP contribution >= 0.6 is 0 Å². The van der Waals surface area contributed by atoms with E-state index in [1.54, 1.807) is 4.68 Å². The first-order valence-electron chi connectivity index (χ1n) is 10.2. The molecule has 0 atom stereocenters. The maximum absolute atomic E-state index is 12.5. The molecule has 0 radical (unpaired) electrons. The number of rotatable bonds is 5. The van der Waals surface area contributed by atoms with E-state index in [-0.39, 0.29) is 11.9 Å². The Labute approximate surface area is 174 Å². The standard InChI is InChI=1S/C22H26N4O.C2H6/c1-7-15(4)8-9-16(5)26-17(6)21(23-24-26)18-10-11-20-19(12-18)13-25(14(2)3)22(20)27;1-2/h7-12,14H,5,13H2,1-4,6H3;1-2H3/b9-8-,15-7-;. The topological polar surface area (TPSA) is 51.0 Å². The lowest BCUT2D eigenvalue weighted by molar-refractivity contribution is 0.0730. The van der Waals surface area contributed by atoms with Gasteiger partial charge in [-0.2, -0.15) is 0 Å². The molecule has 2 aromatic rings. The summed E-state index contributed by atoms with van der Waals surface area (Å²) in [5.74, 6) is 0.102. The number of benzene rings is 1. The van der Waals surface area contributed by atoms with Crippen LogP contribution in [0.5, 0.6) is 0 Å². The van der Waals surface area contributed by atoms with Crippen LogP contribution in [-0.2, 0) is 6.54 Å². The average molecular weight is 393 g/mol. The van der Waals surface area contributed by atoms with Gasteiger partial charge in [-0.25, -0.2) is 4.68 Å². The molecule has 0 spiro atoms. The molecule has 5 heteroatoms. The third-order valence-electron chi connectivity index (χ3n) is 4.99. The van der Waals surface area contributed by atoms with Gasteiger partial charge >= 0.3 is 0 Å². The minimum atomic E-state index is 0.102. The van der Waals surface area contributed by atoms with Crippen molar-refractivity contribution in [2.75, 3.05) is 0 Å². The molecule has 5 nitrogen and oxygen atoms in total. The molecule has 1 aliphatic heterocycles. The van der Waals surface area contributed by atoms with E-state index < -0.39 is 0 Å². The molecular formula is C24H32N4O. The Kier molecular flexibility index (Phi) is 7.32. The van der Waals surface area contributed by atoms with E-state index in [0.717, 1.165) is 39.3 Å². The zero-order valence-corrected chi connectivity index (χ0v) is 18.7. The zero-order chi connectivity index (χ0) is 21.7. The van der Waals surface area contributed by atoms with Crippen LogP contribution in [0.25, 0.3) is 17.0 Å². The fourth-order valence-electron chi connectivity index (χ4n) is 3.17. The summed E-state index contributed by atoms with van der Waals surface area (Å²) in [5.41, 5.74) is 6.45. The van der Waals surface area contributed by atoms with Gasteiger partial charge < -0.3 is 4.90 Å². The van der Waals surface area contributed by atoms with E-state index in [4.69, 9.17) is 0 Å². The van der Waals surface area contributed by atoms with E-state index in [2.05, 4.69) is 23.0 Å². The number of nitrogens with zero attached hydrogens (tertiary/aromatic N) is 4. The van der Waals surface area contributed by atoms with Gasteiger partial charge in [-0.05, 0) is 58.4 Å². The maximum atomic E-state index is 12.5. The second-order valence-corrected chi connectivity index (χ2v) is 7.19. The Hall–Kier alpha value is -2.95. The number of hydrogen-bond acceptors (Lipinski definition) is 3. The summed E-state index contributed by atoms with van der Waals surface area (Å²) in [6.07, 6.45) is 5.98. The summed E-state index contributed by atoms with van der Waals surface area (Å²) in [7, 11) is 0. The lowest BCUT2D eigenvalue weighted by Crippen LogP contribution is -2.30. The molecule has 1 aromatic carbocycles. The van der Waals surface area contributed by atoms with Gasteiger partial charge in [0.1, 0.15) is 5.69 Å². The normalized spacial score (nSPS) is 13.7. The van der Waals surface area contributed by atoms with Gasteiger partial charge in [0.15, 0.2) is 0 Å². The molecule has 1 aliphatic rings. The van der Waals surface area contributed by atoms with Gasteiger partial charge in [0.2, 0.25) is 0 Å². The van der Waals surface area contributed by atoms with E-state index in [9.17, 15) is 4.79 Å². The number of hydrogen-bond donors (Lipinski definition) is 0. The van der Waals surface area contributed by atoms with Crippen LogP contribution in [0.1, 0.15) is 63.2 Å². The lowest BCUT2D eigenvalue weighted by Gasteiger charge is -2.19. The van der Waals surface area contributed by atoms with Crippen molar-refractivity contribution in [1.29, 1.82) is 0 Å². The van der Waals surface area contributed by atoms with Crippen molar-refractivity contribution < 1.29 is 4.79 Å². The number of fused-ring (bicyclic) bond motifs is 1. The highest BCUT2D eigenvalue weighted by Crippen LogP contribution is 2.30. The Morgan fingerprint density at radius 1 is 1.24 bits per heavy atom. The molecule has 0 saturated heterocycles. The molecule has 0 bridgehead atoms. The van der Waals surface area contributed by atoms with Crippen molar-refractivity contribution in [3.05, 3.63) is 65.4 Å². The minimum absolute atomic E-state index is 0.102. The first-order chi connectivity index (χ1) is 13.8. The second-order valence-electron chi connectivity index (χ2n) is 7.19. The van der Waals surface area contributed by atoms with Crippen LogP contribution in [-0.4, -0.2) is 31.8 Å². The van der Waals surface area contributed by atoms with Crippen LogP contribution in [0.15, 0.2) is 48.6 Å². The SMILES string of the molecule is C=C(/C=C\C(C)=C/C)n1nnc(-c2ccc3c(c2)CN(C(C)C)C3=O)c1C.CC. The van der Waals surface area contributed by atoms with Gasteiger partial charge in [-0.3, -0.25) is 4.79 Å². The van der Waals surface area contributed by atoms with Crippen molar-refractivity contribution in [1.82, 2.24) is 19.9 Å². The Morgan fingerprint density at radius 3 is 2.55 bits per heavy atom. The van der Waals surface area contributed by atoms with E-state index in [1.165, 1.54) is 0 Å². The van der Waals surface area contributed by atoms with E-state index in [1.807, 2.05) is 83.7 Å². The van der Waals surface area contributed by atoms with E-state index in [0.29, 0.717) is 6.54 Å². The highest BCUT2D eigenvalue weighted by Gasteiger charge is 2.29. The number of carbonyl (C=O) groups excluding carboxylic acids is 1.